The maximum Gasteiger partial charge on any atom is 0.335 e. The third-order valence-electron chi connectivity index (χ3n) is 9.95. The standard InChI is InChI=1S/C37H45N7O5S/c1-24-9-6-10-25(2)33(24)30-18-32(42-35(41-30)43-50(47,48)29-14-7-11-26(17-29)34(45)46)49-23-37(16-15-36(3,4)22-37)39-20-27-19-38-21-31(40-27)44(5)28-12-8-13-28/h6-7,9-11,14,17-19,21,28,39H,8,12-13,15-16,20,22-23H2,1-5H3,(H,45,46)(H,41,42,43). The Hall–Kier alpha value is -4.62. The lowest BCUT2D eigenvalue weighted by atomic mass is 9.88. The molecule has 6 rings (SSSR count). The highest BCUT2D eigenvalue weighted by molar-refractivity contribution is 7.92. The van der Waals surface area contributed by atoms with Gasteiger partial charge >= 0.3 is 5.97 Å². The smallest absolute Gasteiger partial charge is 0.335 e. The van der Waals surface area contributed by atoms with Crippen molar-refractivity contribution in [3.8, 4) is 17.1 Å². The van der Waals surface area contributed by atoms with Crippen LogP contribution in [0.2, 0.25) is 0 Å². The lowest BCUT2D eigenvalue weighted by Crippen LogP contribution is -2.48. The van der Waals surface area contributed by atoms with Gasteiger partial charge in [-0.15, -0.1) is 0 Å². The van der Waals surface area contributed by atoms with Crippen molar-refractivity contribution in [2.24, 2.45) is 5.41 Å². The molecule has 50 heavy (non-hydrogen) atoms. The van der Waals surface area contributed by atoms with Crippen molar-refractivity contribution in [1.82, 2.24) is 25.3 Å². The molecule has 4 aromatic rings. The highest BCUT2D eigenvalue weighted by atomic mass is 32.2. The quantitative estimate of drug-likeness (QED) is 0.147. The number of aryl methyl sites for hydroxylation is 2. The van der Waals surface area contributed by atoms with Crippen molar-refractivity contribution >= 4 is 27.8 Å². The number of hydrogen-bond acceptors (Lipinski definition) is 10. The number of carboxylic acids is 1. The van der Waals surface area contributed by atoms with Gasteiger partial charge in [-0.3, -0.25) is 4.98 Å². The van der Waals surface area contributed by atoms with Gasteiger partial charge < -0.3 is 20.1 Å². The van der Waals surface area contributed by atoms with Crippen LogP contribution < -0.4 is 19.7 Å². The Morgan fingerprint density at radius 1 is 1.02 bits per heavy atom. The summed E-state index contributed by atoms with van der Waals surface area (Å²) in [6, 6.07) is 13.3. The Balaban J connectivity index is 1.28. The zero-order chi connectivity index (χ0) is 35.7. The van der Waals surface area contributed by atoms with Crippen molar-refractivity contribution in [3.63, 3.8) is 0 Å². The monoisotopic (exact) mass is 699 g/mol. The second-order valence-electron chi connectivity index (χ2n) is 14.4. The van der Waals surface area contributed by atoms with Crippen molar-refractivity contribution in [1.29, 1.82) is 0 Å². The highest BCUT2D eigenvalue weighted by Gasteiger charge is 2.44. The number of rotatable bonds is 13. The number of aromatic nitrogens is 4. The number of ether oxygens (including phenoxy) is 1. The molecular formula is C37H45N7O5S. The molecule has 2 saturated carbocycles. The van der Waals surface area contributed by atoms with Crippen molar-refractivity contribution in [3.05, 3.63) is 83.3 Å². The third-order valence-corrected chi connectivity index (χ3v) is 11.3. The SMILES string of the molecule is Cc1cccc(C)c1-c1cc(OCC2(NCc3cncc(N(C)C4CCC4)n3)CCC(C)(C)C2)nc(NS(=O)(=O)c2cccc(C(=O)O)c2)n1. The zero-order valence-electron chi connectivity index (χ0n) is 29.2. The summed E-state index contributed by atoms with van der Waals surface area (Å²) in [6.07, 6.45) is 9.91. The van der Waals surface area contributed by atoms with E-state index in [-0.39, 0.29) is 34.3 Å². The van der Waals surface area contributed by atoms with Gasteiger partial charge in [0.15, 0.2) is 0 Å². The van der Waals surface area contributed by atoms with Crippen LogP contribution in [0.15, 0.2) is 65.8 Å². The van der Waals surface area contributed by atoms with E-state index in [4.69, 9.17) is 9.72 Å². The van der Waals surface area contributed by atoms with Crippen LogP contribution in [0.4, 0.5) is 11.8 Å². The van der Waals surface area contributed by atoms with Gasteiger partial charge in [0.1, 0.15) is 12.4 Å². The number of sulfonamides is 1. The van der Waals surface area contributed by atoms with Crippen LogP contribution in [0, 0.1) is 19.3 Å². The van der Waals surface area contributed by atoms with E-state index in [1.165, 1.54) is 37.5 Å². The predicted octanol–water partition coefficient (Wildman–Crippen LogP) is 6.16. The Kier molecular flexibility index (Phi) is 9.82. The normalized spacial score (nSPS) is 18.7. The Labute approximate surface area is 293 Å². The summed E-state index contributed by atoms with van der Waals surface area (Å²) in [6.45, 7) is 9.22. The molecule has 13 heteroatoms. The number of carbonyl (C=O) groups is 1. The summed E-state index contributed by atoms with van der Waals surface area (Å²) in [5.74, 6) is -0.332. The molecule has 0 saturated heterocycles. The molecule has 0 spiro atoms. The topological polar surface area (TPSA) is 160 Å². The zero-order valence-corrected chi connectivity index (χ0v) is 30.0. The van der Waals surface area contributed by atoms with Gasteiger partial charge in [-0.05, 0) is 87.1 Å². The van der Waals surface area contributed by atoms with Crippen LogP contribution in [0.25, 0.3) is 11.3 Å². The number of anilines is 2. The molecule has 264 valence electrons. The largest absolute Gasteiger partial charge is 0.478 e. The van der Waals surface area contributed by atoms with Crippen LogP contribution in [0.5, 0.6) is 5.88 Å². The molecule has 0 bridgehead atoms. The summed E-state index contributed by atoms with van der Waals surface area (Å²) < 4.78 is 35.8. The molecule has 2 aliphatic carbocycles. The predicted molar refractivity (Wildman–Crippen MR) is 192 cm³/mol. The lowest BCUT2D eigenvalue weighted by molar-refractivity contribution is 0.0696. The molecule has 2 aliphatic rings. The van der Waals surface area contributed by atoms with E-state index in [1.54, 1.807) is 12.3 Å². The summed E-state index contributed by atoms with van der Waals surface area (Å²) in [7, 11) is -2.16. The van der Waals surface area contributed by atoms with Crippen LogP contribution in [-0.4, -0.2) is 64.7 Å². The van der Waals surface area contributed by atoms with E-state index >= 15 is 0 Å². The van der Waals surface area contributed by atoms with E-state index in [2.05, 4.69) is 50.8 Å². The number of carboxylic acid groups (broad SMARTS) is 1. The molecule has 3 N–H and O–H groups in total. The molecule has 12 nitrogen and oxygen atoms in total. The van der Waals surface area contributed by atoms with Gasteiger partial charge in [0.25, 0.3) is 10.0 Å². The first-order valence-electron chi connectivity index (χ1n) is 17.0. The molecule has 2 heterocycles. The summed E-state index contributed by atoms with van der Waals surface area (Å²) >= 11 is 0. The van der Waals surface area contributed by atoms with Gasteiger partial charge in [0.2, 0.25) is 11.8 Å². The molecule has 2 fully saturated rings. The van der Waals surface area contributed by atoms with Crippen molar-refractivity contribution in [2.45, 2.75) is 89.2 Å². The van der Waals surface area contributed by atoms with Gasteiger partial charge in [0.05, 0.1) is 33.6 Å². The van der Waals surface area contributed by atoms with Crippen molar-refractivity contribution in [2.75, 3.05) is 23.3 Å². The minimum atomic E-state index is -4.24. The van der Waals surface area contributed by atoms with Gasteiger partial charge in [-0.1, -0.05) is 38.1 Å². The first-order chi connectivity index (χ1) is 23.7. The fourth-order valence-electron chi connectivity index (χ4n) is 6.96. The minimum absolute atomic E-state index is 0.0781. The maximum absolute atomic E-state index is 13.5. The number of nitrogens with zero attached hydrogens (tertiary/aromatic N) is 5. The Morgan fingerprint density at radius 2 is 1.76 bits per heavy atom. The molecule has 1 unspecified atom stereocenters. The first-order valence-corrected chi connectivity index (χ1v) is 18.4. The second kappa shape index (κ2) is 13.9. The summed E-state index contributed by atoms with van der Waals surface area (Å²) in [5.41, 5.74) is 3.63. The van der Waals surface area contributed by atoms with E-state index in [9.17, 15) is 18.3 Å². The van der Waals surface area contributed by atoms with Gasteiger partial charge in [-0.2, -0.15) is 4.98 Å². The van der Waals surface area contributed by atoms with Gasteiger partial charge in [-0.25, -0.2) is 27.9 Å². The Bertz CT molecular complexity index is 1980. The van der Waals surface area contributed by atoms with Crippen LogP contribution in [0.1, 0.15) is 79.6 Å². The Morgan fingerprint density at radius 3 is 2.42 bits per heavy atom. The third kappa shape index (κ3) is 7.89. The number of aromatic carboxylic acids is 1. The van der Waals surface area contributed by atoms with E-state index in [0.717, 1.165) is 53.5 Å². The average molecular weight is 700 g/mol. The molecule has 2 aromatic carbocycles. The summed E-state index contributed by atoms with van der Waals surface area (Å²) in [4.78, 5) is 32.0. The minimum Gasteiger partial charge on any atom is -0.478 e. The van der Waals surface area contributed by atoms with E-state index in [0.29, 0.717) is 18.3 Å². The molecule has 2 aromatic heterocycles. The second-order valence-corrected chi connectivity index (χ2v) is 16.1. The number of hydrogen-bond donors (Lipinski definition) is 3. The first kappa shape index (κ1) is 35.2. The number of benzene rings is 2. The fraction of sp³-hybridized carbons (Fsp3) is 0.432. The summed E-state index contributed by atoms with van der Waals surface area (Å²) in [5, 5.41) is 13.2. The molecule has 0 aliphatic heterocycles. The van der Waals surface area contributed by atoms with Gasteiger partial charge in [0, 0.05) is 37.5 Å². The van der Waals surface area contributed by atoms with Crippen LogP contribution >= 0.6 is 0 Å². The molecule has 0 radical (unpaired) electrons. The van der Waals surface area contributed by atoms with E-state index < -0.39 is 21.5 Å². The lowest BCUT2D eigenvalue weighted by Gasteiger charge is -2.35. The maximum atomic E-state index is 13.5. The average Bonchev–Trinajstić information content (AvgIpc) is 3.36. The van der Waals surface area contributed by atoms with E-state index in [1.807, 2.05) is 38.2 Å². The van der Waals surface area contributed by atoms with Crippen molar-refractivity contribution < 1.29 is 23.1 Å². The molecule has 1 atom stereocenters. The highest BCUT2D eigenvalue weighted by Crippen LogP contribution is 2.44. The molecular weight excluding hydrogens is 655 g/mol. The number of nitrogens with one attached hydrogen (secondary N) is 2. The fourth-order valence-corrected chi connectivity index (χ4v) is 7.95. The van der Waals surface area contributed by atoms with Crippen LogP contribution in [0.3, 0.4) is 0 Å². The molecule has 0 amide bonds. The van der Waals surface area contributed by atoms with Crippen LogP contribution in [-0.2, 0) is 16.6 Å².